The van der Waals surface area contributed by atoms with E-state index in [9.17, 15) is 0 Å². The van der Waals surface area contributed by atoms with Gasteiger partial charge in [-0.25, -0.2) is 0 Å². The second-order valence-electron chi connectivity index (χ2n) is 10.3. The molecule has 2 aromatic heterocycles. The molecule has 0 unspecified atom stereocenters. The summed E-state index contributed by atoms with van der Waals surface area (Å²) in [5.41, 5.74) is 6.24. The molecule has 154 valence electrons. The Labute approximate surface area is 179 Å². The van der Waals surface area contributed by atoms with Gasteiger partial charge in [-0.2, -0.15) is 0 Å². The topological polar surface area (TPSA) is 26.0 Å². The van der Waals surface area contributed by atoms with Crippen LogP contribution >= 0.6 is 0 Å². The predicted molar refractivity (Wildman–Crippen MR) is 126 cm³/mol. The molecule has 2 heteroatoms. The molecule has 0 atom stereocenters. The minimum Gasteiger partial charge on any atom is -0.461 e. The van der Waals surface area contributed by atoms with Gasteiger partial charge in [-0.15, -0.1) is 0 Å². The molecule has 30 heavy (non-hydrogen) atoms. The molecule has 1 aliphatic rings. The number of hydrogen-bond donors (Lipinski definition) is 0. The normalized spacial score (nSPS) is 15.5. The summed E-state index contributed by atoms with van der Waals surface area (Å²) < 4.78 is 6.17. The van der Waals surface area contributed by atoms with Gasteiger partial charge in [-0.1, -0.05) is 51.8 Å². The number of benzene rings is 2. The summed E-state index contributed by atoms with van der Waals surface area (Å²) in [4.78, 5) is 4.85. The van der Waals surface area contributed by atoms with E-state index in [0.29, 0.717) is 5.92 Å². The lowest BCUT2D eigenvalue weighted by Gasteiger charge is -2.18. The van der Waals surface area contributed by atoms with Crippen molar-refractivity contribution in [2.24, 2.45) is 5.41 Å². The highest BCUT2D eigenvalue weighted by Crippen LogP contribution is 2.41. The Morgan fingerprint density at radius 3 is 2.53 bits per heavy atom. The second-order valence-corrected chi connectivity index (χ2v) is 10.3. The molecule has 0 radical (unpaired) electrons. The Kier molecular flexibility index (Phi) is 4.69. The number of aryl methyl sites for hydroxylation is 1. The van der Waals surface area contributed by atoms with Crippen LogP contribution in [0.15, 0.2) is 53.1 Å². The molecule has 4 aromatic rings. The fourth-order valence-corrected chi connectivity index (χ4v) is 5.14. The zero-order chi connectivity index (χ0) is 20.9. The number of aromatic nitrogens is 1. The third-order valence-corrected chi connectivity index (χ3v) is 6.41. The van der Waals surface area contributed by atoms with Crippen molar-refractivity contribution in [3.05, 3.63) is 65.5 Å². The first-order valence-electron chi connectivity index (χ1n) is 11.3. The summed E-state index contributed by atoms with van der Waals surface area (Å²) in [6.07, 6.45) is 8.28. The summed E-state index contributed by atoms with van der Waals surface area (Å²) in [7, 11) is 0. The molecule has 1 aliphatic carbocycles. The van der Waals surface area contributed by atoms with Crippen molar-refractivity contribution in [3.63, 3.8) is 0 Å². The fourth-order valence-electron chi connectivity index (χ4n) is 5.14. The molecular formula is C28H31NO. The van der Waals surface area contributed by atoms with Crippen molar-refractivity contribution in [1.82, 2.24) is 4.98 Å². The highest BCUT2D eigenvalue weighted by molar-refractivity contribution is 6.02. The third-order valence-electron chi connectivity index (χ3n) is 6.41. The molecule has 1 fully saturated rings. The Balaban J connectivity index is 1.69. The molecule has 2 nitrogen and oxygen atoms in total. The van der Waals surface area contributed by atoms with E-state index in [0.717, 1.165) is 29.0 Å². The van der Waals surface area contributed by atoms with Crippen LogP contribution in [-0.4, -0.2) is 4.98 Å². The van der Waals surface area contributed by atoms with Gasteiger partial charge in [-0.3, -0.25) is 4.98 Å². The van der Waals surface area contributed by atoms with E-state index in [1.807, 2.05) is 13.1 Å². The lowest BCUT2D eigenvalue weighted by Crippen LogP contribution is -2.08. The van der Waals surface area contributed by atoms with E-state index in [4.69, 9.17) is 9.40 Å². The number of rotatable bonds is 3. The molecule has 2 heterocycles. The van der Waals surface area contributed by atoms with Crippen molar-refractivity contribution in [2.75, 3.05) is 0 Å². The van der Waals surface area contributed by atoms with E-state index in [1.165, 1.54) is 53.0 Å². The molecule has 0 saturated heterocycles. The standard InChI is InChI=1S/C28H31NO/c1-18-13-23-15-22(20-7-5-6-8-20)16-25(27(23)30-18)26-24-10-9-19(17-28(2,3)4)14-21(24)11-12-29-26/h9-16,20H,5-8,17H2,1-4H3. The Morgan fingerprint density at radius 2 is 1.77 bits per heavy atom. The van der Waals surface area contributed by atoms with Gasteiger partial charge in [0.15, 0.2) is 0 Å². The van der Waals surface area contributed by atoms with E-state index < -0.39 is 0 Å². The zero-order valence-electron chi connectivity index (χ0n) is 18.6. The van der Waals surface area contributed by atoms with Crippen LogP contribution in [0.3, 0.4) is 0 Å². The maximum absolute atomic E-state index is 6.17. The first kappa shape index (κ1) is 19.4. The molecule has 2 aromatic carbocycles. The van der Waals surface area contributed by atoms with E-state index in [-0.39, 0.29) is 5.41 Å². The maximum Gasteiger partial charge on any atom is 0.143 e. The number of fused-ring (bicyclic) bond motifs is 2. The van der Waals surface area contributed by atoms with Gasteiger partial charge >= 0.3 is 0 Å². The quantitative estimate of drug-likeness (QED) is 0.348. The Morgan fingerprint density at radius 1 is 0.967 bits per heavy atom. The van der Waals surface area contributed by atoms with Crippen LogP contribution < -0.4 is 0 Å². The van der Waals surface area contributed by atoms with Crippen molar-refractivity contribution < 1.29 is 4.42 Å². The van der Waals surface area contributed by atoms with E-state index in [1.54, 1.807) is 0 Å². The van der Waals surface area contributed by atoms with E-state index in [2.05, 4.69) is 63.2 Å². The van der Waals surface area contributed by atoms with Crippen LogP contribution in [0.25, 0.3) is 33.0 Å². The average Bonchev–Trinajstić information content (AvgIpc) is 3.34. The monoisotopic (exact) mass is 397 g/mol. The van der Waals surface area contributed by atoms with Crippen LogP contribution in [0.4, 0.5) is 0 Å². The van der Waals surface area contributed by atoms with Gasteiger partial charge < -0.3 is 4.42 Å². The molecule has 0 bridgehead atoms. The van der Waals surface area contributed by atoms with Gasteiger partial charge in [-0.05, 0) is 78.3 Å². The molecule has 0 N–H and O–H groups in total. The smallest absolute Gasteiger partial charge is 0.143 e. The van der Waals surface area contributed by atoms with Crippen molar-refractivity contribution in [1.29, 1.82) is 0 Å². The second kappa shape index (κ2) is 7.27. The number of hydrogen-bond acceptors (Lipinski definition) is 2. The SMILES string of the molecule is Cc1cc2cc(C3CCCC3)cc(-c3nccc4cc(CC(C)(C)C)ccc34)c2o1. The van der Waals surface area contributed by atoms with Crippen LogP contribution in [0.2, 0.25) is 0 Å². The first-order chi connectivity index (χ1) is 14.4. The minimum atomic E-state index is 0.275. The van der Waals surface area contributed by atoms with Crippen molar-refractivity contribution >= 4 is 21.7 Å². The molecule has 5 rings (SSSR count). The summed E-state index contributed by atoms with van der Waals surface area (Å²) >= 11 is 0. The third kappa shape index (κ3) is 3.64. The highest BCUT2D eigenvalue weighted by atomic mass is 16.3. The fraction of sp³-hybridized carbons (Fsp3) is 0.393. The lowest BCUT2D eigenvalue weighted by molar-refractivity contribution is 0.411. The van der Waals surface area contributed by atoms with Crippen LogP contribution in [-0.2, 0) is 6.42 Å². The predicted octanol–water partition coefficient (Wildman–Crippen LogP) is 8.20. The molecule has 1 saturated carbocycles. The van der Waals surface area contributed by atoms with Gasteiger partial charge in [0.1, 0.15) is 11.3 Å². The van der Waals surface area contributed by atoms with Crippen LogP contribution in [0.1, 0.15) is 69.3 Å². The van der Waals surface area contributed by atoms with Gasteiger partial charge in [0, 0.05) is 22.5 Å². The van der Waals surface area contributed by atoms with Crippen molar-refractivity contribution in [3.8, 4) is 11.3 Å². The maximum atomic E-state index is 6.17. The Hall–Kier alpha value is -2.61. The lowest BCUT2D eigenvalue weighted by atomic mass is 9.87. The van der Waals surface area contributed by atoms with Gasteiger partial charge in [0.25, 0.3) is 0 Å². The summed E-state index contributed by atoms with van der Waals surface area (Å²) in [6, 6.07) is 15.9. The summed E-state index contributed by atoms with van der Waals surface area (Å²) in [5.74, 6) is 1.62. The first-order valence-corrected chi connectivity index (χ1v) is 11.3. The van der Waals surface area contributed by atoms with Crippen molar-refractivity contribution in [2.45, 2.75) is 65.7 Å². The Bertz CT molecular complexity index is 1220. The number of furan rings is 1. The van der Waals surface area contributed by atoms with E-state index >= 15 is 0 Å². The molecule has 0 spiro atoms. The molecule has 0 amide bonds. The summed E-state index contributed by atoms with van der Waals surface area (Å²) in [5, 5.41) is 3.66. The summed E-state index contributed by atoms with van der Waals surface area (Å²) in [6.45, 7) is 8.91. The van der Waals surface area contributed by atoms with Crippen LogP contribution in [0.5, 0.6) is 0 Å². The van der Waals surface area contributed by atoms with Gasteiger partial charge in [0.2, 0.25) is 0 Å². The van der Waals surface area contributed by atoms with Gasteiger partial charge in [0.05, 0.1) is 5.69 Å². The average molecular weight is 398 g/mol. The number of nitrogens with zero attached hydrogens (tertiary/aromatic N) is 1. The largest absolute Gasteiger partial charge is 0.461 e. The minimum absolute atomic E-state index is 0.275. The van der Waals surface area contributed by atoms with Crippen LogP contribution in [0, 0.1) is 12.3 Å². The zero-order valence-corrected chi connectivity index (χ0v) is 18.6. The molecular weight excluding hydrogens is 366 g/mol. The molecule has 0 aliphatic heterocycles. The highest BCUT2D eigenvalue weighted by Gasteiger charge is 2.21. The number of pyridine rings is 1.